The Bertz CT molecular complexity index is 893. The predicted molar refractivity (Wildman–Crippen MR) is 101 cm³/mol. The minimum Gasteiger partial charge on any atom is -0.396 e. The summed E-state index contributed by atoms with van der Waals surface area (Å²) in [5, 5.41) is 13.5. The summed E-state index contributed by atoms with van der Waals surface area (Å²) < 4.78 is 5.44. The van der Waals surface area contributed by atoms with Crippen LogP contribution in [0.4, 0.5) is 0 Å². The molecule has 4 rings (SSSR count). The van der Waals surface area contributed by atoms with Gasteiger partial charge in [-0.3, -0.25) is 4.90 Å². The van der Waals surface area contributed by atoms with E-state index in [1.807, 2.05) is 37.3 Å². The second-order valence-electron chi connectivity index (χ2n) is 7.00. The molecule has 140 valence electrons. The largest absolute Gasteiger partial charge is 0.396 e. The summed E-state index contributed by atoms with van der Waals surface area (Å²) in [4.78, 5) is 15.4. The number of rotatable bonds is 5. The molecule has 1 fully saturated rings. The van der Waals surface area contributed by atoms with E-state index in [4.69, 9.17) is 4.52 Å². The zero-order valence-corrected chi connectivity index (χ0v) is 15.4. The monoisotopic (exact) mass is 365 g/mol. The van der Waals surface area contributed by atoms with Gasteiger partial charge in [-0.2, -0.15) is 4.98 Å². The van der Waals surface area contributed by atoms with Crippen molar-refractivity contribution in [2.24, 2.45) is 5.92 Å². The number of benzene rings is 1. The first-order chi connectivity index (χ1) is 13.2. The highest BCUT2D eigenvalue weighted by Crippen LogP contribution is 2.23. The first-order valence-corrected chi connectivity index (χ1v) is 9.27. The zero-order chi connectivity index (χ0) is 18.6. The van der Waals surface area contributed by atoms with Crippen molar-refractivity contribution in [2.75, 3.05) is 19.7 Å². The molecular formula is C20H23N5O2. The van der Waals surface area contributed by atoms with Crippen LogP contribution in [0.5, 0.6) is 0 Å². The van der Waals surface area contributed by atoms with Gasteiger partial charge in [0.05, 0.1) is 12.2 Å². The van der Waals surface area contributed by atoms with Crippen LogP contribution in [-0.2, 0) is 6.54 Å². The molecule has 27 heavy (non-hydrogen) atoms. The van der Waals surface area contributed by atoms with Gasteiger partial charge in [0.2, 0.25) is 11.7 Å². The molecule has 0 bridgehead atoms. The summed E-state index contributed by atoms with van der Waals surface area (Å²) in [6.45, 7) is 4.62. The van der Waals surface area contributed by atoms with Gasteiger partial charge < -0.3 is 9.63 Å². The van der Waals surface area contributed by atoms with Crippen LogP contribution in [0.2, 0.25) is 0 Å². The molecule has 1 N–H and O–H groups in total. The fourth-order valence-corrected chi connectivity index (χ4v) is 3.48. The lowest BCUT2D eigenvalue weighted by Crippen LogP contribution is -2.36. The van der Waals surface area contributed by atoms with E-state index in [1.165, 1.54) is 0 Å². The lowest BCUT2D eigenvalue weighted by molar-refractivity contribution is 0.107. The highest BCUT2D eigenvalue weighted by molar-refractivity contribution is 5.64. The average molecular weight is 365 g/mol. The molecule has 3 aromatic rings. The van der Waals surface area contributed by atoms with Crippen molar-refractivity contribution in [3.63, 3.8) is 0 Å². The van der Waals surface area contributed by atoms with Crippen LogP contribution in [0.15, 0.2) is 41.1 Å². The molecule has 3 heterocycles. The fraction of sp³-hybridized carbons (Fsp3) is 0.400. The molecule has 1 aliphatic rings. The summed E-state index contributed by atoms with van der Waals surface area (Å²) in [6, 6.07) is 9.86. The second-order valence-corrected chi connectivity index (χ2v) is 7.00. The quantitative estimate of drug-likeness (QED) is 0.743. The standard InChI is InChI=1S/C20H23N5O2/c1-14-21-9-8-18(22-14)16-4-6-17(7-5-16)20-23-19(27-24-20)12-25-10-2-3-15(11-25)13-26/h4-9,15,26H,2-3,10-13H2,1H3/t15-/m1/s1. The van der Waals surface area contributed by atoms with Crippen molar-refractivity contribution < 1.29 is 9.63 Å². The Labute approximate surface area is 158 Å². The first kappa shape index (κ1) is 17.8. The molecule has 7 nitrogen and oxygen atoms in total. The van der Waals surface area contributed by atoms with Crippen molar-refractivity contribution in [3.8, 4) is 22.6 Å². The summed E-state index contributed by atoms with van der Waals surface area (Å²) in [6.07, 6.45) is 3.94. The maximum Gasteiger partial charge on any atom is 0.241 e. The SMILES string of the molecule is Cc1nccc(-c2ccc(-c3noc(CN4CCC[C@@H](CO)C4)n3)cc2)n1. The van der Waals surface area contributed by atoms with Crippen LogP contribution < -0.4 is 0 Å². The van der Waals surface area contributed by atoms with Gasteiger partial charge in [-0.15, -0.1) is 0 Å². The molecule has 2 aromatic heterocycles. The van der Waals surface area contributed by atoms with Crippen molar-refractivity contribution in [3.05, 3.63) is 48.2 Å². The molecule has 0 saturated carbocycles. The summed E-state index contributed by atoms with van der Waals surface area (Å²) in [5.74, 6) is 2.30. The average Bonchev–Trinajstić information content (AvgIpc) is 3.17. The molecule has 0 unspecified atom stereocenters. The van der Waals surface area contributed by atoms with Crippen LogP contribution in [0.1, 0.15) is 24.6 Å². The van der Waals surface area contributed by atoms with Crippen molar-refractivity contribution in [2.45, 2.75) is 26.3 Å². The van der Waals surface area contributed by atoms with Gasteiger partial charge >= 0.3 is 0 Å². The van der Waals surface area contributed by atoms with Crippen LogP contribution in [0, 0.1) is 12.8 Å². The summed E-state index contributed by atoms with van der Waals surface area (Å²) >= 11 is 0. The van der Waals surface area contributed by atoms with Gasteiger partial charge in [0.1, 0.15) is 5.82 Å². The van der Waals surface area contributed by atoms with Crippen LogP contribution in [0.3, 0.4) is 0 Å². The number of aryl methyl sites for hydroxylation is 1. The molecule has 1 atom stereocenters. The molecule has 0 amide bonds. The van der Waals surface area contributed by atoms with Crippen LogP contribution in [-0.4, -0.2) is 49.8 Å². The summed E-state index contributed by atoms with van der Waals surface area (Å²) in [7, 11) is 0. The van der Waals surface area contributed by atoms with Crippen LogP contribution >= 0.6 is 0 Å². The van der Waals surface area contributed by atoms with Crippen molar-refractivity contribution in [1.29, 1.82) is 0 Å². The minimum absolute atomic E-state index is 0.240. The van der Waals surface area contributed by atoms with E-state index in [1.54, 1.807) is 6.20 Å². The molecule has 1 saturated heterocycles. The normalized spacial score (nSPS) is 17.9. The molecular weight excluding hydrogens is 342 g/mol. The second kappa shape index (κ2) is 7.94. The van der Waals surface area contributed by atoms with E-state index in [0.29, 0.717) is 24.2 Å². The third-order valence-corrected chi connectivity index (χ3v) is 4.90. The van der Waals surface area contributed by atoms with E-state index >= 15 is 0 Å². The van der Waals surface area contributed by atoms with E-state index in [9.17, 15) is 5.11 Å². The molecule has 0 spiro atoms. The number of aliphatic hydroxyl groups excluding tert-OH is 1. The van der Waals surface area contributed by atoms with Gasteiger partial charge in [-0.25, -0.2) is 9.97 Å². The lowest BCUT2D eigenvalue weighted by atomic mass is 9.99. The third-order valence-electron chi connectivity index (χ3n) is 4.90. The molecule has 0 aliphatic carbocycles. The number of hydrogen-bond acceptors (Lipinski definition) is 7. The maximum absolute atomic E-state index is 9.36. The van der Waals surface area contributed by atoms with E-state index in [0.717, 1.165) is 48.6 Å². The number of hydrogen-bond donors (Lipinski definition) is 1. The van der Waals surface area contributed by atoms with Gasteiger partial charge in [0, 0.05) is 30.5 Å². The number of nitrogens with zero attached hydrogens (tertiary/aromatic N) is 5. The predicted octanol–water partition coefficient (Wildman–Crippen LogP) is 2.71. The molecule has 1 aromatic carbocycles. The lowest BCUT2D eigenvalue weighted by Gasteiger charge is -2.30. The van der Waals surface area contributed by atoms with E-state index in [-0.39, 0.29) is 6.61 Å². The molecule has 0 radical (unpaired) electrons. The minimum atomic E-state index is 0.240. The number of likely N-dealkylation sites (tertiary alicyclic amines) is 1. The van der Waals surface area contributed by atoms with E-state index < -0.39 is 0 Å². The van der Waals surface area contributed by atoms with Gasteiger partial charge in [-0.1, -0.05) is 29.4 Å². The summed E-state index contributed by atoms with van der Waals surface area (Å²) in [5.41, 5.74) is 2.83. The Hall–Kier alpha value is -2.64. The Morgan fingerprint density at radius 2 is 1.96 bits per heavy atom. The Balaban J connectivity index is 1.45. The topological polar surface area (TPSA) is 88.2 Å². The van der Waals surface area contributed by atoms with E-state index in [2.05, 4.69) is 25.0 Å². The molecule has 1 aliphatic heterocycles. The highest BCUT2D eigenvalue weighted by atomic mass is 16.5. The number of aliphatic hydroxyl groups is 1. The van der Waals surface area contributed by atoms with Crippen LogP contribution in [0.25, 0.3) is 22.6 Å². The maximum atomic E-state index is 9.36. The third kappa shape index (κ3) is 4.20. The Kier molecular flexibility index (Phi) is 5.22. The number of piperidine rings is 1. The Morgan fingerprint density at radius 1 is 1.15 bits per heavy atom. The zero-order valence-electron chi connectivity index (χ0n) is 15.4. The molecule has 7 heteroatoms. The number of aromatic nitrogens is 4. The first-order valence-electron chi connectivity index (χ1n) is 9.27. The van der Waals surface area contributed by atoms with Crippen molar-refractivity contribution >= 4 is 0 Å². The smallest absolute Gasteiger partial charge is 0.241 e. The fourth-order valence-electron chi connectivity index (χ4n) is 3.48. The van der Waals surface area contributed by atoms with Gasteiger partial charge in [0.25, 0.3) is 0 Å². The Morgan fingerprint density at radius 3 is 2.74 bits per heavy atom. The van der Waals surface area contributed by atoms with Crippen molar-refractivity contribution in [1.82, 2.24) is 25.0 Å². The van der Waals surface area contributed by atoms with Gasteiger partial charge in [-0.05, 0) is 38.3 Å². The highest BCUT2D eigenvalue weighted by Gasteiger charge is 2.21. The van der Waals surface area contributed by atoms with Gasteiger partial charge in [0.15, 0.2) is 0 Å².